The second-order valence-corrected chi connectivity index (χ2v) is 10.9. The topological polar surface area (TPSA) is 105 Å². The Morgan fingerprint density at radius 1 is 1.12 bits per heavy atom. The molecule has 33 heavy (non-hydrogen) atoms. The number of nitrogens with zero attached hydrogens (tertiary/aromatic N) is 1. The van der Waals surface area contributed by atoms with Crippen molar-refractivity contribution in [1.29, 1.82) is 0 Å². The van der Waals surface area contributed by atoms with Crippen molar-refractivity contribution in [1.82, 2.24) is 15.2 Å². The average Bonchev–Trinajstić information content (AvgIpc) is 2.70. The van der Waals surface area contributed by atoms with Crippen LogP contribution in [0, 0.1) is 18.7 Å². The van der Waals surface area contributed by atoms with E-state index >= 15 is 0 Å². The maximum atomic E-state index is 14.6. The lowest BCUT2D eigenvalue weighted by atomic mass is 9.99. The Kier molecular flexibility index (Phi) is 7.08. The van der Waals surface area contributed by atoms with E-state index in [9.17, 15) is 22.4 Å². The standard InChI is InChI=1S/C23H28FN3O5S/c1-15-10-18(17-8-6-5-7-9-17)11-19(20(15)24)21(28)25-26-33(30,31)14-16-12-27(13-16)22(29)32-23(2,3)4/h5-11,16,26H,12-14H2,1-4H3,(H,25,28). The molecule has 2 aromatic rings. The van der Waals surface area contributed by atoms with E-state index in [4.69, 9.17) is 4.74 Å². The third kappa shape index (κ3) is 6.52. The van der Waals surface area contributed by atoms with Crippen LogP contribution in [-0.4, -0.2) is 49.8 Å². The van der Waals surface area contributed by atoms with E-state index in [0.29, 0.717) is 5.56 Å². The van der Waals surface area contributed by atoms with E-state index < -0.39 is 33.4 Å². The van der Waals surface area contributed by atoms with Crippen molar-refractivity contribution in [2.45, 2.75) is 33.3 Å². The van der Waals surface area contributed by atoms with Gasteiger partial charge in [0.2, 0.25) is 10.0 Å². The largest absolute Gasteiger partial charge is 0.444 e. The second kappa shape index (κ2) is 9.48. The molecule has 0 unspecified atom stereocenters. The van der Waals surface area contributed by atoms with Crippen molar-refractivity contribution in [3.05, 3.63) is 59.4 Å². The number of ether oxygens (including phenoxy) is 1. The van der Waals surface area contributed by atoms with Gasteiger partial charge in [0.25, 0.3) is 5.91 Å². The number of benzene rings is 2. The maximum Gasteiger partial charge on any atom is 0.410 e. The van der Waals surface area contributed by atoms with E-state index in [-0.39, 0.29) is 35.9 Å². The van der Waals surface area contributed by atoms with Gasteiger partial charge in [-0.05, 0) is 56.5 Å². The molecule has 2 aromatic carbocycles. The van der Waals surface area contributed by atoms with E-state index in [2.05, 4.69) is 5.43 Å². The molecule has 0 atom stereocenters. The van der Waals surface area contributed by atoms with Crippen LogP contribution < -0.4 is 10.3 Å². The van der Waals surface area contributed by atoms with Crippen LogP contribution in [0.2, 0.25) is 0 Å². The number of carbonyl (C=O) groups excluding carboxylic acids is 2. The molecule has 0 spiro atoms. The Morgan fingerprint density at radius 2 is 1.76 bits per heavy atom. The molecule has 2 N–H and O–H groups in total. The molecule has 1 saturated heterocycles. The number of likely N-dealkylation sites (tertiary alicyclic amines) is 1. The molecular weight excluding hydrogens is 449 g/mol. The number of carbonyl (C=O) groups is 2. The molecule has 0 radical (unpaired) electrons. The van der Waals surface area contributed by atoms with Gasteiger partial charge in [0.15, 0.2) is 0 Å². The molecule has 0 aromatic heterocycles. The van der Waals surface area contributed by atoms with Crippen LogP contribution in [0.15, 0.2) is 42.5 Å². The van der Waals surface area contributed by atoms with Crippen LogP contribution in [0.25, 0.3) is 11.1 Å². The molecule has 178 valence electrons. The zero-order chi connectivity index (χ0) is 24.4. The number of sulfonamides is 1. The van der Waals surface area contributed by atoms with Gasteiger partial charge in [0, 0.05) is 19.0 Å². The van der Waals surface area contributed by atoms with Gasteiger partial charge in [0.05, 0.1) is 11.3 Å². The summed E-state index contributed by atoms with van der Waals surface area (Å²) >= 11 is 0. The molecule has 1 fully saturated rings. The van der Waals surface area contributed by atoms with E-state index in [1.807, 2.05) is 35.2 Å². The summed E-state index contributed by atoms with van der Waals surface area (Å²) in [5.74, 6) is -2.22. The van der Waals surface area contributed by atoms with E-state index in [1.54, 1.807) is 26.8 Å². The number of nitrogens with one attached hydrogen (secondary N) is 2. The van der Waals surface area contributed by atoms with Crippen LogP contribution >= 0.6 is 0 Å². The summed E-state index contributed by atoms with van der Waals surface area (Å²) in [5, 5.41) is 0. The van der Waals surface area contributed by atoms with Crippen LogP contribution in [0.3, 0.4) is 0 Å². The van der Waals surface area contributed by atoms with Gasteiger partial charge in [-0.1, -0.05) is 30.3 Å². The first-order chi connectivity index (χ1) is 15.3. The summed E-state index contributed by atoms with van der Waals surface area (Å²) in [7, 11) is -3.90. The molecule has 0 saturated carbocycles. The fourth-order valence-electron chi connectivity index (χ4n) is 3.43. The highest BCUT2D eigenvalue weighted by molar-refractivity contribution is 7.89. The minimum absolute atomic E-state index is 0.233. The van der Waals surface area contributed by atoms with Crippen molar-refractivity contribution in [3.63, 3.8) is 0 Å². The highest BCUT2D eigenvalue weighted by Crippen LogP contribution is 2.25. The normalized spacial score (nSPS) is 14.5. The lowest BCUT2D eigenvalue weighted by Gasteiger charge is -2.39. The number of aryl methyl sites for hydroxylation is 1. The third-order valence-corrected chi connectivity index (χ3v) is 6.31. The van der Waals surface area contributed by atoms with Gasteiger partial charge in [-0.25, -0.2) is 17.6 Å². The van der Waals surface area contributed by atoms with Crippen molar-refractivity contribution in [2.75, 3.05) is 18.8 Å². The highest BCUT2D eigenvalue weighted by Gasteiger charge is 2.36. The van der Waals surface area contributed by atoms with Crippen molar-refractivity contribution >= 4 is 22.0 Å². The van der Waals surface area contributed by atoms with Crippen LogP contribution in [0.1, 0.15) is 36.7 Å². The van der Waals surface area contributed by atoms with Gasteiger partial charge >= 0.3 is 6.09 Å². The van der Waals surface area contributed by atoms with Crippen molar-refractivity contribution < 1.29 is 27.1 Å². The van der Waals surface area contributed by atoms with Gasteiger partial charge < -0.3 is 9.64 Å². The van der Waals surface area contributed by atoms with Gasteiger partial charge in [-0.3, -0.25) is 10.2 Å². The number of halogens is 1. The van der Waals surface area contributed by atoms with Gasteiger partial charge in [-0.2, -0.15) is 0 Å². The zero-order valence-corrected chi connectivity index (χ0v) is 19.8. The zero-order valence-electron chi connectivity index (χ0n) is 19.0. The van der Waals surface area contributed by atoms with E-state index in [0.717, 1.165) is 5.56 Å². The third-order valence-electron chi connectivity index (χ3n) is 4.99. The first kappa shape index (κ1) is 24.7. The molecule has 1 aliphatic heterocycles. The summed E-state index contributed by atoms with van der Waals surface area (Å²) in [6.45, 7) is 7.25. The number of hydrogen-bond donors (Lipinski definition) is 2. The first-order valence-electron chi connectivity index (χ1n) is 10.5. The predicted octanol–water partition coefficient (Wildman–Crippen LogP) is 3.23. The fourth-order valence-corrected chi connectivity index (χ4v) is 4.59. The molecule has 0 aliphatic carbocycles. The predicted molar refractivity (Wildman–Crippen MR) is 122 cm³/mol. The number of hydrogen-bond acceptors (Lipinski definition) is 5. The smallest absolute Gasteiger partial charge is 0.410 e. The number of hydrazine groups is 1. The minimum Gasteiger partial charge on any atom is -0.444 e. The SMILES string of the molecule is Cc1cc(-c2ccccc2)cc(C(=O)NNS(=O)(=O)CC2CN(C(=O)OC(C)(C)C)C2)c1F. The summed E-state index contributed by atoms with van der Waals surface area (Å²) < 4.78 is 44.6. The number of amides is 2. The average molecular weight is 478 g/mol. The Morgan fingerprint density at radius 3 is 2.36 bits per heavy atom. The second-order valence-electron chi connectivity index (χ2n) is 9.11. The number of rotatable bonds is 6. The Balaban J connectivity index is 1.58. The monoisotopic (exact) mass is 477 g/mol. The Labute approximate surface area is 193 Å². The van der Waals surface area contributed by atoms with Crippen molar-refractivity contribution in [3.8, 4) is 11.1 Å². The van der Waals surface area contributed by atoms with Gasteiger partial charge in [-0.15, -0.1) is 4.83 Å². The lowest BCUT2D eigenvalue weighted by molar-refractivity contribution is 0.00188. The molecule has 0 bridgehead atoms. The Hall–Kier alpha value is -2.98. The quantitative estimate of drug-likeness (QED) is 0.622. The molecule has 1 aliphatic rings. The Bertz CT molecular complexity index is 1140. The van der Waals surface area contributed by atoms with E-state index in [1.165, 1.54) is 17.9 Å². The molecule has 10 heteroatoms. The molecule has 1 heterocycles. The molecule has 8 nitrogen and oxygen atoms in total. The maximum absolute atomic E-state index is 14.6. The van der Waals surface area contributed by atoms with Crippen LogP contribution in [0.4, 0.5) is 9.18 Å². The lowest BCUT2D eigenvalue weighted by Crippen LogP contribution is -2.55. The first-order valence-corrected chi connectivity index (χ1v) is 12.1. The fraction of sp³-hybridized carbons (Fsp3) is 0.391. The molecule has 2 amide bonds. The minimum atomic E-state index is -3.90. The van der Waals surface area contributed by atoms with Crippen molar-refractivity contribution in [2.24, 2.45) is 5.92 Å². The highest BCUT2D eigenvalue weighted by atomic mass is 32.2. The summed E-state index contributed by atoms with van der Waals surface area (Å²) in [4.78, 5) is 27.9. The molecule has 3 rings (SSSR count). The summed E-state index contributed by atoms with van der Waals surface area (Å²) in [5.41, 5.74) is 2.89. The molecular formula is C23H28FN3O5S. The van der Waals surface area contributed by atoms with Crippen LogP contribution in [-0.2, 0) is 14.8 Å². The van der Waals surface area contributed by atoms with Gasteiger partial charge in [0.1, 0.15) is 11.4 Å². The van der Waals surface area contributed by atoms with Crippen LogP contribution in [0.5, 0.6) is 0 Å². The summed E-state index contributed by atoms with van der Waals surface area (Å²) in [6, 6.07) is 12.2. The summed E-state index contributed by atoms with van der Waals surface area (Å²) in [6.07, 6.45) is -0.499.